The van der Waals surface area contributed by atoms with Gasteiger partial charge >= 0.3 is 0 Å². The zero-order valence-corrected chi connectivity index (χ0v) is 14.1. The molecule has 128 valence electrons. The Kier molecular flexibility index (Phi) is 5.20. The van der Waals surface area contributed by atoms with Crippen molar-refractivity contribution >= 4 is 5.91 Å². The van der Waals surface area contributed by atoms with Crippen molar-refractivity contribution in [2.75, 3.05) is 20.2 Å². The molecule has 1 aliphatic heterocycles. The largest absolute Gasteiger partial charge is 0.493 e. The van der Waals surface area contributed by atoms with Gasteiger partial charge in [-0.25, -0.2) is 0 Å². The molecule has 1 amide bonds. The molecule has 5 heteroatoms. The molecule has 5 nitrogen and oxygen atoms in total. The number of nitriles is 1. The number of rotatable bonds is 5. The first-order valence-corrected chi connectivity index (χ1v) is 8.31. The van der Waals surface area contributed by atoms with Crippen LogP contribution in [0.2, 0.25) is 0 Å². The number of amides is 1. The molecule has 0 N–H and O–H groups in total. The van der Waals surface area contributed by atoms with Gasteiger partial charge in [0.25, 0.3) is 5.91 Å². The Bertz CT molecular complexity index is 777. The summed E-state index contributed by atoms with van der Waals surface area (Å²) in [5.41, 5.74) is 1.28. The van der Waals surface area contributed by atoms with E-state index in [1.54, 1.807) is 18.2 Å². The number of hydrogen-bond acceptors (Lipinski definition) is 4. The van der Waals surface area contributed by atoms with Gasteiger partial charge in [0.15, 0.2) is 11.5 Å². The summed E-state index contributed by atoms with van der Waals surface area (Å²) in [6.07, 6.45) is 1.31. The SMILES string of the molecule is COc1cc(C#N)ccc1OC(C(=O)N1CCCC1)c1ccccc1. The Hall–Kier alpha value is -3.00. The van der Waals surface area contributed by atoms with Crippen LogP contribution in [-0.2, 0) is 4.79 Å². The monoisotopic (exact) mass is 336 g/mol. The smallest absolute Gasteiger partial charge is 0.268 e. The van der Waals surface area contributed by atoms with Crippen LogP contribution in [0.25, 0.3) is 0 Å². The van der Waals surface area contributed by atoms with Crippen LogP contribution >= 0.6 is 0 Å². The molecule has 1 aliphatic rings. The second kappa shape index (κ2) is 7.71. The fourth-order valence-corrected chi connectivity index (χ4v) is 2.95. The summed E-state index contributed by atoms with van der Waals surface area (Å²) in [6, 6.07) is 16.5. The van der Waals surface area contributed by atoms with Crippen LogP contribution in [0.15, 0.2) is 48.5 Å². The van der Waals surface area contributed by atoms with Gasteiger partial charge in [0, 0.05) is 24.7 Å². The molecular formula is C20H20N2O3. The van der Waals surface area contributed by atoms with E-state index in [0.29, 0.717) is 17.1 Å². The van der Waals surface area contributed by atoms with Crippen molar-refractivity contribution < 1.29 is 14.3 Å². The zero-order chi connectivity index (χ0) is 17.6. The minimum Gasteiger partial charge on any atom is -0.493 e. The minimum absolute atomic E-state index is 0.0462. The Labute approximate surface area is 147 Å². The molecule has 0 aliphatic carbocycles. The third kappa shape index (κ3) is 3.74. The maximum absolute atomic E-state index is 13.0. The molecule has 0 saturated carbocycles. The van der Waals surface area contributed by atoms with Gasteiger partial charge in [0.05, 0.1) is 18.7 Å². The molecular weight excluding hydrogens is 316 g/mol. The van der Waals surface area contributed by atoms with Crippen LogP contribution in [0.3, 0.4) is 0 Å². The van der Waals surface area contributed by atoms with Gasteiger partial charge in [-0.2, -0.15) is 5.26 Å². The standard InChI is InChI=1S/C20H20N2O3/c1-24-18-13-15(14-21)9-10-17(18)25-19(16-7-3-2-4-8-16)20(23)22-11-5-6-12-22/h2-4,7-10,13,19H,5-6,11-12H2,1H3. The Morgan fingerprint density at radius 2 is 1.84 bits per heavy atom. The van der Waals surface area contributed by atoms with Crippen LogP contribution in [-0.4, -0.2) is 31.0 Å². The van der Waals surface area contributed by atoms with Crippen LogP contribution in [0.4, 0.5) is 0 Å². The molecule has 2 aromatic carbocycles. The molecule has 0 bridgehead atoms. The molecule has 1 saturated heterocycles. The first kappa shape index (κ1) is 16.8. The third-order valence-corrected chi connectivity index (χ3v) is 4.28. The molecule has 0 radical (unpaired) electrons. The van der Waals surface area contributed by atoms with Crippen LogP contribution < -0.4 is 9.47 Å². The van der Waals surface area contributed by atoms with Crippen molar-refractivity contribution in [3.05, 3.63) is 59.7 Å². The summed E-state index contributed by atoms with van der Waals surface area (Å²) < 4.78 is 11.4. The van der Waals surface area contributed by atoms with Gasteiger partial charge in [-0.15, -0.1) is 0 Å². The molecule has 1 atom stereocenters. The van der Waals surface area contributed by atoms with Crippen LogP contribution in [0.5, 0.6) is 11.5 Å². The lowest BCUT2D eigenvalue weighted by Crippen LogP contribution is -2.35. The average molecular weight is 336 g/mol. The van der Waals surface area contributed by atoms with Gasteiger partial charge in [-0.3, -0.25) is 4.79 Å². The van der Waals surface area contributed by atoms with Gasteiger partial charge in [-0.1, -0.05) is 30.3 Å². The fraction of sp³-hybridized carbons (Fsp3) is 0.300. The van der Waals surface area contributed by atoms with E-state index in [1.165, 1.54) is 7.11 Å². The molecule has 2 aromatic rings. The highest BCUT2D eigenvalue weighted by atomic mass is 16.5. The number of carbonyl (C=O) groups is 1. The molecule has 0 aromatic heterocycles. The van der Waals surface area contributed by atoms with Crippen LogP contribution in [0, 0.1) is 11.3 Å². The average Bonchev–Trinajstić information content (AvgIpc) is 3.21. The number of hydrogen-bond donors (Lipinski definition) is 0. The maximum Gasteiger partial charge on any atom is 0.268 e. The maximum atomic E-state index is 13.0. The predicted molar refractivity (Wildman–Crippen MR) is 93.3 cm³/mol. The Balaban J connectivity index is 1.93. The van der Waals surface area contributed by atoms with Gasteiger partial charge in [0.2, 0.25) is 6.10 Å². The number of benzene rings is 2. The predicted octanol–water partition coefficient (Wildman–Crippen LogP) is 3.31. The van der Waals surface area contributed by atoms with E-state index >= 15 is 0 Å². The lowest BCUT2D eigenvalue weighted by Gasteiger charge is -2.25. The van der Waals surface area contributed by atoms with E-state index in [-0.39, 0.29) is 5.91 Å². The topological polar surface area (TPSA) is 62.6 Å². The second-order valence-corrected chi connectivity index (χ2v) is 5.92. The molecule has 0 spiro atoms. The summed E-state index contributed by atoms with van der Waals surface area (Å²) in [5, 5.41) is 9.03. The highest BCUT2D eigenvalue weighted by Crippen LogP contribution is 2.33. The van der Waals surface area contributed by atoms with Crippen molar-refractivity contribution in [1.29, 1.82) is 5.26 Å². The van der Waals surface area contributed by atoms with Crippen molar-refractivity contribution in [2.24, 2.45) is 0 Å². The summed E-state index contributed by atoms with van der Waals surface area (Å²) in [6.45, 7) is 1.52. The summed E-state index contributed by atoms with van der Waals surface area (Å²) in [5.74, 6) is 0.840. The molecule has 1 unspecified atom stereocenters. The van der Waals surface area contributed by atoms with E-state index < -0.39 is 6.10 Å². The Morgan fingerprint density at radius 1 is 1.12 bits per heavy atom. The minimum atomic E-state index is -0.735. The van der Waals surface area contributed by atoms with Crippen LogP contribution in [0.1, 0.15) is 30.1 Å². The number of carbonyl (C=O) groups excluding carboxylic acids is 1. The first-order valence-electron chi connectivity index (χ1n) is 8.31. The van der Waals surface area contributed by atoms with Crippen molar-refractivity contribution in [3.8, 4) is 17.6 Å². The molecule has 3 rings (SSSR count). The van der Waals surface area contributed by atoms with Crippen molar-refractivity contribution in [3.63, 3.8) is 0 Å². The summed E-state index contributed by atoms with van der Waals surface area (Å²) >= 11 is 0. The second-order valence-electron chi connectivity index (χ2n) is 5.92. The lowest BCUT2D eigenvalue weighted by molar-refractivity contribution is -0.138. The molecule has 25 heavy (non-hydrogen) atoms. The number of ether oxygens (including phenoxy) is 2. The van der Waals surface area contributed by atoms with Gasteiger partial charge in [0.1, 0.15) is 0 Å². The molecule has 1 fully saturated rings. The van der Waals surface area contributed by atoms with E-state index in [9.17, 15) is 4.79 Å². The van der Waals surface area contributed by atoms with Gasteiger partial charge in [-0.05, 0) is 25.0 Å². The summed E-state index contributed by atoms with van der Waals surface area (Å²) in [7, 11) is 1.52. The van der Waals surface area contributed by atoms with Crippen molar-refractivity contribution in [2.45, 2.75) is 18.9 Å². The fourth-order valence-electron chi connectivity index (χ4n) is 2.95. The zero-order valence-electron chi connectivity index (χ0n) is 14.1. The lowest BCUT2D eigenvalue weighted by atomic mass is 10.1. The highest BCUT2D eigenvalue weighted by molar-refractivity contribution is 5.83. The highest BCUT2D eigenvalue weighted by Gasteiger charge is 2.30. The number of methoxy groups -OCH3 is 1. The molecule has 1 heterocycles. The van der Waals surface area contributed by atoms with E-state index in [4.69, 9.17) is 14.7 Å². The van der Waals surface area contributed by atoms with Gasteiger partial charge < -0.3 is 14.4 Å². The van der Waals surface area contributed by atoms with Crippen molar-refractivity contribution in [1.82, 2.24) is 4.90 Å². The third-order valence-electron chi connectivity index (χ3n) is 4.28. The summed E-state index contributed by atoms with van der Waals surface area (Å²) in [4.78, 5) is 14.8. The van der Waals surface area contributed by atoms with E-state index in [0.717, 1.165) is 31.5 Å². The van der Waals surface area contributed by atoms with E-state index in [2.05, 4.69) is 6.07 Å². The van der Waals surface area contributed by atoms with E-state index in [1.807, 2.05) is 35.2 Å². The normalized spacial score (nSPS) is 14.6. The number of nitrogens with zero attached hydrogens (tertiary/aromatic N) is 2. The first-order chi connectivity index (χ1) is 12.2. The Morgan fingerprint density at radius 3 is 2.48 bits per heavy atom. The number of likely N-dealkylation sites (tertiary alicyclic amines) is 1. The quantitative estimate of drug-likeness (QED) is 0.840.